The standard InChI is InChI=1S/C13H19N3O/c1-3-16-11-8-17-7-10(11)6-15-12-9(2)4-5-14-13(12)16/h4-5,10-11,15H,3,6-8H2,1-2H3. The van der Waals surface area contributed by atoms with Gasteiger partial charge in [0.1, 0.15) is 0 Å². The van der Waals surface area contributed by atoms with E-state index in [0.717, 1.165) is 32.1 Å². The number of hydrogen-bond acceptors (Lipinski definition) is 4. The van der Waals surface area contributed by atoms with E-state index >= 15 is 0 Å². The summed E-state index contributed by atoms with van der Waals surface area (Å²) in [6.07, 6.45) is 1.90. The lowest BCUT2D eigenvalue weighted by Crippen LogP contribution is -2.41. The van der Waals surface area contributed by atoms with E-state index in [2.05, 4.69) is 35.1 Å². The number of aryl methyl sites for hydroxylation is 1. The highest BCUT2D eigenvalue weighted by Crippen LogP contribution is 2.34. The number of nitrogens with one attached hydrogen (secondary N) is 1. The molecule has 3 rings (SSSR count). The summed E-state index contributed by atoms with van der Waals surface area (Å²) in [5, 5.41) is 3.54. The number of anilines is 2. The Morgan fingerprint density at radius 2 is 2.41 bits per heavy atom. The predicted octanol–water partition coefficient (Wildman–Crippen LogP) is 1.66. The summed E-state index contributed by atoms with van der Waals surface area (Å²) >= 11 is 0. The molecule has 1 aromatic heterocycles. The van der Waals surface area contributed by atoms with Crippen LogP contribution < -0.4 is 10.2 Å². The minimum atomic E-state index is 0.475. The maximum absolute atomic E-state index is 5.61. The molecule has 2 aliphatic rings. The van der Waals surface area contributed by atoms with Gasteiger partial charge in [-0.2, -0.15) is 0 Å². The van der Waals surface area contributed by atoms with Crippen LogP contribution in [0.25, 0.3) is 0 Å². The first-order chi connectivity index (χ1) is 8.31. The van der Waals surface area contributed by atoms with E-state index < -0.39 is 0 Å². The predicted molar refractivity (Wildman–Crippen MR) is 68.6 cm³/mol. The molecule has 17 heavy (non-hydrogen) atoms. The maximum atomic E-state index is 5.61. The van der Waals surface area contributed by atoms with Crippen molar-refractivity contribution in [3.8, 4) is 0 Å². The topological polar surface area (TPSA) is 37.4 Å². The molecule has 4 nitrogen and oxygen atoms in total. The van der Waals surface area contributed by atoms with Crippen LogP contribution in [0.1, 0.15) is 12.5 Å². The zero-order valence-corrected chi connectivity index (χ0v) is 10.4. The van der Waals surface area contributed by atoms with Crippen LogP contribution >= 0.6 is 0 Å². The highest BCUT2D eigenvalue weighted by atomic mass is 16.5. The summed E-state index contributed by atoms with van der Waals surface area (Å²) < 4.78 is 5.61. The normalized spacial score (nSPS) is 27.1. The van der Waals surface area contributed by atoms with Gasteiger partial charge in [0.25, 0.3) is 0 Å². The summed E-state index contributed by atoms with van der Waals surface area (Å²) in [6, 6.07) is 2.54. The molecule has 0 spiro atoms. The van der Waals surface area contributed by atoms with Gasteiger partial charge in [-0.25, -0.2) is 4.98 Å². The van der Waals surface area contributed by atoms with Crippen molar-refractivity contribution in [2.45, 2.75) is 19.9 Å². The Kier molecular flexibility index (Phi) is 2.67. The van der Waals surface area contributed by atoms with Crippen molar-refractivity contribution >= 4 is 11.5 Å². The van der Waals surface area contributed by atoms with Crippen LogP contribution in [0, 0.1) is 12.8 Å². The molecule has 0 bridgehead atoms. The molecule has 0 aromatic carbocycles. The minimum absolute atomic E-state index is 0.475. The van der Waals surface area contributed by atoms with Crippen LogP contribution in [0.3, 0.4) is 0 Å². The van der Waals surface area contributed by atoms with Gasteiger partial charge in [-0.3, -0.25) is 0 Å². The van der Waals surface area contributed by atoms with E-state index in [4.69, 9.17) is 4.74 Å². The Morgan fingerprint density at radius 3 is 3.24 bits per heavy atom. The highest BCUT2D eigenvalue weighted by Gasteiger charge is 2.36. The van der Waals surface area contributed by atoms with E-state index in [1.54, 1.807) is 0 Å². The quantitative estimate of drug-likeness (QED) is 0.800. The SMILES string of the molecule is CCN1c2nccc(C)c2NCC2COCC21. The minimum Gasteiger partial charge on any atom is -0.381 e. The molecule has 0 radical (unpaired) electrons. The Balaban J connectivity index is 2.06. The van der Waals surface area contributed by atoms with Gasteiger partial charge in [0, 0.05) is 25.2 Å². The van der Waals surface area contributed by atoms with Crippen molar-refractivity contribution in [1.29, 1.82) is 0 Å². The lowest BCUT2D eigenvalue weighted by atomic mass is 10.0. The van der Waals surface area contributed by atoms with E-state index in [1.807, 2.05) is 6.20 Å². The van der Waals surface area contributed by atoms with E-state index in [0.29, 0.717) is 12.0 Å². The number of aromatic nitrogens is 1. The zero-order chi connectivity index (χ0) is 11.8. The van der Waals surface area contributed by atoms with Gasteiger partial charge in [-0.15, -0.1) is 0 Å². The maximum Gasteiger partial charge on any atom is 0.152 e. The third-order valence-electron chi connectivity index (χ3n) is 3.86. The van der Waals surface area contributed by atoms with E-state index in [1.165, 1.54) is 11.3 Å². The fourth-order valence-electron chi connectivity index (χ4n) is 2.88. The van der Waals surface area contributed by atoms with Crippen LogP contribution in [0.4, 0.5) is 11.5 Å². The molecule has 3 heterocycles. The van der Waals surface area contributed by atoms with Gasteiger partial charge >= 0.3 is 0 Å². The number of likely N-dealkylation sites (N-methyl/N-ethyl adjacent to an activating group) is 1. The van der Waals surface area contributed by atoms with Crippen LogP contribution in [0.5, 0.6) is 0 Å². The average Bonchev–Trinajstić information content (AvgIpc) is 2.72. The number of pyridine rings is 1. The second-order valence-corrected chi connectivity index (χ2v) is 4.86. The van der Waals surface area contributed by atoms with Gasteiger partial charge in [0.15, 0.2) is 5.82 Å². The summed E-state index contributed by atoms with van der Waals surface area (Å²) in [5.41, 5.74) is 2.47. The molecule has 1 saturated heterocycles. The summed E-state index contributed by atoms with van der Waals surface area (Å²) in [5.74, 6) is 1.66. The molecule has 1 N–H and O–H groups in total. The first-order valence-corrected chi connectivity index (χ1v) is 6.35. The van der Waals surface area contributed by atoms with Gasteiger partial charge in [-0.1, -0.05) is 0 Å². The van der Waals surface area contributed by atoms with Crippen LogP contribution in [-0.2, 0) is 4.74 Å². The van der Waals surface area contributed by atoms with Gasteiger partial charge in [0.2, 0.25) is 0 Å². The lowest BCUT2D eigenvalue weighted by molar-refractivity contribution is 0.185. The molecular formula is C13H19N3O. The summed E-state index contributed by atoms with van der Waals surface area (Å²) in [6.45, 7) is 7.99. The molecule has 92 valence electrons. The lowest BCUT2D eigenvalue weighted by Gasteiger charge is -2.29. The Hall–Kier alpha value is -1.29. The van der Waals surface area contributed by atoms with Gasteiger partial charge < -0.3 is 15.0 Å². The molecule has 0 aliphatic carbocycles. The zero-order valence-electron chi connectivity index (χ0n) is 10.4. The first kappa shape index (κ1) is 10.8. The largest absolute Gasteiger partial charge is 0.381 e. The molecule has 2 unspecified atom stereocenters. The van der Waals surface area contributed by atoms with Crippen molar-refractivity contribution in [2.24, 2.45) is 5.92 Å². The molecule has 4 heteroatoms. The number of ether oxygens (including phenoxy) is 1. The second-order valence-electron chi connectivity index (χ2n) is 4.86. The van der Waals surface area contributed by atoms with Crippen molar-refractivity contribution in [3.63, 3.8) is 0 Å². The Morgan fingerprint density at radius 1 is 1.53 bits per heavy atom. The van der Waals surface area contributed by atoms with Crippen LogP contribution in [0.2, 0.25) is 0 Å². The Labute approximate surface area is 102 Å². The summed E-state index contributed by atoms with van der Waals surface area (Å²) in [4.78, 5) is 6.95. The van der Waals surface area contributed by atoms with Crippen molar-refractivity contribution in [2.75, 3.05) is 36.5 Å². The van der Waals surface area contributed by atoms with E-state index in [9.17, 15) is 0 Å². The first-order valence-electron chi connectivity index (χ1n) is 6.35. The third-order valence-corrected chi connectivity index (χ3v) is 3.86. The molecule has 0 saturated carbocycles. The molecule has 0 amide bonds. The number of nitrogens with zero attached hydrogens (tertiary/aromatic N) is 2. The van der Waals surface area contributed by atoms with Gasteiger partial charge in [-0.05, 0) is 25.5 Å². The average molecular weight is 233 g/mol. The van der Waals surface area contributed by atoms with E-state index in [-0.39, 0.29) is 0 Å². The molecule has 2 atom stereocenters. The molecule has 1 aromatic rings. The number of rotatable bonds is 1. The van der Waals surface area contributed by atoms with Crippen molar-refractivity contribution < 1.29 is 4.74 Å². The monoisotopic (exact) mass is 233 g/mol. The molecule has 2 aliphatic heterocycles. The third kappa shape index (κ3) is 1.67. The smallest absolute Gasteiger partial charge is 0.152 e. The van der Waals surface area contributed by atoms with Gasteiger partial charge in [0.05, 0.1) is 24.9 Å². The van der Waals surface area contributed by atoms with Crippen molar-refractivity contribution in [3.05, 3.63) is 17.8 Å². The Bertz CT molecular complexity index is 421. The van der Waals surface area contributed by atoms with Crippen LogP contribution in [-0.4, -0.2) is 37.3 Å². The number of fused-ring (bicyclic) bond motifs is 2. The van der Waals surface area contributed by atoms with Crippen molar-refractivity contribution in [1.82, 2.24) is 4.98 Å². The number of hydrogen-bond donors (Lipinski definition) is 1. The molecule has 1 fully saturated rings. The highest BCUT2D eigenvalue weighted by molar-refractivity contribution is 5.70. The second kappa shape index (κ2) is 4.18. The summed E-state index contributed by atoms with van der Waals surface area (Å²) in [7, 11) is 0. The fourth-order valence-corrected chi connectivity index (χ4v) is 2.88. The fraction of sp³-hybridized carbons (Fsp3) is 0.615. The van der Waals surface area contributed by atoms with Crippen LogP contribution in [0.15, 0.2) is 12.3 Å². The molecular weight excluding hydrogens is 214 g/mol.